The summed E-state index contributed by atoms with van der Waals surface area (Å²) >= 11 is 0. The van der Waals surface area contributed by atoms with Gasteiger partial charge in [-0.25, -0.2) is 9.78 Å². The number of carbonyl (C=O) groups excluding carboxylic acids is 1. The number of H-pyrrole nitrogens is 1. The summed E-state index contributed by atoms with van der Waals surface area (Å²) in [4.78, 5) is 22.1. The Hall–Kier alpha value is -2.50. The van der Waals surface area contributed by atoms with E-state index < -0.39 is 0 Å². The van der Waals surface area contributed by atoms with Gasteiger partial charge in [-0.05, 0) is 45.7 Å². The number of carbonyl (C=O) groups is 1. The maximum absolute atomic E-state index is 12.7. The van der Waals surface area contributed by atoms with Crippen molar-refractivity contribution in [1.82, 2.24) is 14.9 Å². The zero-order chi connectivity index (χ0) is 17.9. The summed E-state index contributed by atoms with van der Waals surface area (Å²) in [5.74, 6) is 1.90. The summed E-state index contributed by atoms with van der Waals surface area (Å²) in [6, 6.07) is 7.45. The number of nitrogens with one attached hydrogen (secondary N) is 2. The van der Waals surface area contributed by atoms with Crippen molar-refractivity contribution in [1.29, 1.82) is 0 Å². The summed E-state index contributed by atoms with van der Waals surface area (Å²) < 4.78 is 5.95. The number of likely N-dealkylation sites (tertiary alicyclic amines) is 1. The molecule has 2 N–H and O–H groups in total. The number of imidazole rings is 1. The van der Waals surface area contributed by atoms with Gasteiger partial charge in [0.2, 0.25) is 0 Å². The van der Waals surface area contributed by atoms with Gasteiger partial charge in [-0.3, -0.25) is 0 Å². The molecule has 1 aliphatic rings. The molecule has 1 aromatic carbocycles. The second kappa shape index (κ2) is 7.17. The Balaban J connectivity index is 1.68. The highest BCUT2D eigenvalue weighted by Gasteiger charge is 2.26. The van der Waals surface area contributed by atoms with E-state index in [-0.39, 0.29) is 17.6 Å². The Morgan fingerprint density at radius 1 is 1.36 bits per heavy atom. The number of benzene rings is 1. The molecule has 6 heteroatoms. The average molecular weight is 342 g/mol. The summed E-state index contributed by atoms with van der Waals surface area (Å²) in [6.07, 6.45) is 5.60. The van der Waals surface area contributed by atoms with Crippen LogP contribution in [0.4, 0.5) is 10.5 Å². The molecule has 2 heterocycles. The van der Waals surface area contributed by atoms with E-state index in [0.717, 1.165) is 25.2 Å². The van der Waals surface area contributed by atoms with Crippen molar-refractivity contribution >= 4 is 11.7 Å². The predicted octanol–water partition coefficient (Wildman–Crippen LogP) is 4.00. The summed E-state index contributed by atoms with van der Waals surface area (Å²) in [5, 5.41) is 3.00. The summed E-state index contributed by atoms with van der Waals surface area (Å²) in [5.41, 5.74) is 0.374. The SMILES string of the molecule is CC(C)(C)Oc1ccccc1NC(=O)N1CCC[C@H](c2ncc[nH]2)C1. The van der Waals surface area contributed by atoms with Gasteiger partial charge in [-0.15, -0.1) is 0 Å². The maximum atomic E-state index is 12.7. The topological polar surface area (TPSA) is 70.2 Å². The lowest BCUT2D eigenvalue weighted by Gasteiger charge is -2.32. The van der Waals surface area contributed by atoms with E-state index in [1.54, 1.807) is 6.20 Å². The third-order valence-corrected chi connectivity index (χ3v) is 4.16. The van der Waals surface area contributed by atoms with Crippen LogP contribution in [0.1, 0.15) is 45.4 Å². The van der Waals surface area contributed by atoms with E-state index in [9.17, 15) is 4.79 Å². The number of nitrogens with zero attached hydrogens (tertiary/aromatic N) is 2. The Morgan fingerprint density at radius 3 is 2.88 bits per heavy atom. The van der Waals surface area contributed by atoms with Crippen molar-refractivity contribution in [3.05, 3.63) is 42.5 Å². The van der Waals surface area contributed by atoms with Gasteiger partial charge in [0, 0.05) is 31.4 Å². The second-order valence-corrected chi connectivity index (χ2v) is 7.40. The molecule has 1 atom stereocenters. The van der Waals surface area contributed by atoms with E-state index in [1.807, 2.05) is 56.1 Å². The van der Waals surface area contributed by atoms with Gasteiger partial charge in [-0.1, -0.05) is 12.1 Å². The first-order chi connectivity index (χ1) is 11.9. The molecule has 0 radical (unpaired) electrons. The number of aromatic nitrogens is 2. The van der Waals surface area contributed by atoms with Crippen LogP contribution in [0.3, 0.4) is 0 Å². The quantitative estimate of drug-likeness (QED) is 0.886. The number of urea groups is 1. The Labute approximate surface area is 148 Å². The van der Waals surface area contributed by atoms with Crippen molar-refractivity contribution in [2.24, 2.45) is 0 Å². The molecule has 2 amide bonds. The molecule has 0 unspecified atom stereocenters. The van der Waals surface area contributed by atoms with Crippen LogP contribution < -0.4 is 10.1 Å². The maximum Gasteiger partial charge on any atom is 0.321 e. The van der Waals surface area contributed by atoms with E-state index in [2.05, 4.69) is 15.3 Å². The molecular formula is C19H26N4O2. The van der Waals surface area contributed by atoms with Gasteiger partial charge < -0.3 is 19.9 Å². The van der Waals surface area contributed by atoms with E-state index in [0.29, 0.717) is 18.0 Å². The van der Waals surface area contributed by atoms with Crippen LogP contribution in [-0.2, 0) is 0 Å². The lowest BCUT2D eigenvalue weighted by molar-refractivity contribution is 0.131. The number of rotatable bonds is 3. The van der Waals surface area contributed by atoms with Crippen LogP contribution in [0.25, 0.3) is 0 Å². The van der Waals surface area contributed by atoms with E-state index in [4.69, 9.17) is 4.74 Å². The number of anilines is 1. The number of amides is 2. The highest BCUT2D eigenvalue weighted by atomic mass is 16.5. The fourth-order valence-electron chi connectivity index (χ4n) is 3.07. The molecule has 6 nitrogen and oxygen atoms in total. The molecule has 134 valence electrons. The number of piperidine rings is 1. The van der Waals surface area contributed by atoms with Gasteiger partial charge >= 0.3 is 6.03 Å². The van der Waals surface area contributed by atoms with Gasteiger partial charge in [0.1, 0.15) is 17.2 Å². The minimum absolute atomic E-state index is 0.0961. The lowest BCUT2D eigenvalue weighted by atomic mass is 9.98. The van der Waals surface area contributed by atoms with Crippen molar-refractivity contribution in [3.63, 3.8) is 0 Å². The van der Waals surface area contributed by atoms with Crippen LogP contribution in [-0.4, -0.2) is 39.6 Å². The Morgan fingerprint density at radius 2 is 2.16 bits per heavy atom. The molecule has 1 aliphatic heterocycles. The van der Waals surface area contributed by atoms with E-state index in [1.165, 1.54) is 0 Å². The van der Waals surface area contributed by atoms with Crippen LogP contribution in [0.5, 0.6) is 5.75 Å². The van der Waals surface area contributed by atoms with Crippen molar-refractivity contribution in [3.8, 4) is 5.75 Å². The summed E-state index contributed by atoms with van der Waals surface area (Å²) in [7, 11) is 0. The normalized spacial score (nSPS) is 18.0. The molecule has 25 heavy (non-hydrogen) atoms. The number of aromatic amines is 1. The van der Waals surface area contributed by atoms with Gasteiger partial charge in [-0.2, -0.15) is 0 Å². The zero-order valence-corrected chi connectivity index (χ0v) is 15.1. The monoisotopic (exact) mass is 342 g/mol. The molecule has 0 aliphatic carbocycles. The van der Waals surface area contributed by atoms with Crippen LogP contribution in [0, 0.1) is 0 Å². The third kappa shape index (κ3) is 4.53. The third-order valence-electron chi connectivity index (χ3n) is 4.16. The zero-order valence-electron chi connectivity index (χ0n) is 15.1. The number of hydrogen-bond donors (Lipinski definition) is 2. The highest BCUT2D eigenvalue weighted by molar-refractivity contribution is 5.91. The first-order valence-corrected chi connectivity index (χ1v) is 8.75. The highest BCUT2D eigenvalue weighted by Crippen LogP contribution is 2.29. The number of hydrogen-bond acceptors (Lipinski definition) is 3. The molecule has 1 saturated heterocycles. The van der Waals surface area contributed by atoms with Crippen molar-refractivity contribution in [2.45, 2.75) is 45.1 Å². The Kier molecular flexibility index (Phi) is 4.97. The molecule has 3 rings (SSSR count). The summed E-state index contributed by atoms with van der Waals surface area (Å²) in [6.45, 7) is 7.39. The number of para-hydroxylation sites is 2. The molecule has 0 spiro atoms. The van der Waals surface area contributed by atoms with Crippen molar-refractivity contribution in [2.75, 3.05) is 18.4 Å². The van der Waals surface area contributed by atoms with Gasteiger partial charge in [0.15, 0.2) is 0 Å². The standard InChI is InChI=1S/C19H26N4O2/c1-19(2,3)25-16-9-5-4-8-15(16)22-18(24)23-12-6-7-14(13-23)17-20-10-11-21-17/h4-5,8-11,14H,6-7,12-13H2,1-3H3,(H,20,21)(H,22,24)/t14-/m0/s1. The number of ether oxygens (including phenoxy) is 1. The fraction of sp³-hybridized carbons (Fsp3) is 0.474. The molecule has 0 saturated carbocycles. The minimum atomic E-state index is -0.323. The first kappa shape index (κ1) is 17.3. The van der Waals surface area contributed by atoms with Gasteiger partial charge in [0.05, 0.1) is 5.69 Å². The molecular weight excluding hydrogens is 316 g/mol. The predicted molar refractivity (Wildman–Crippen MR) is 98.0 cm³/mol. The molecule has 1 fully saturated rings. The molecule has 1 aromatic heterocycles. The molecule has 0 bridgehead atoms. The fourth-order valence-corrected chi connectivity index (χ4v) is 3.07. The Bertz CT molecular complexity index is 706. The van der Waals surface area contributed by atoms with Crippen LogP contribution in [0.2, 0.25) is 0 Å². The average Bonchev–Trinajstić information content (AvgIpc) is 3.10. The van der Waals surface area contributed by atoms with Crippen LogP contribution >= 0.6 is 0 Å². The van der Waals surface area contributed by atoms with E-state index >= 15 is 0 Å². The second-order valence-electron chi connectivity index (χ2n) is 7.40. The van der Waals surface area contributed by atoms with Gasteiger partial charge in [0.25, 0.3) is 0 Å². The largest absolute Gasteiger partial charge is 0.486 e. The first-order valence-electron chi connectivity index (χ1n) is 8.75. The molecule has 2 aromatic rings. The lowest BCUT2D eigenvalue weighted by Crippen LogP contribution is -2.42. The smallest absolute Gasteiger partial charge is 0.321 e. The van der Waals surface area contributed by atoms with Crippen LogP contribution in [0.15, 0.2) is 36.7 Å². The minimum Gasteiger partial charge on any atom is -0.486 e. The van der Waals surface area contributed by atoms with Crippen molar-refractivity contribution < 1.29 is 9.53 Å².